The zero-order valence-corrected chi connectivity index (χ0v) is 11.7. The van der Waals surface area contributed by atoms with Gasteiger partial charge in [-0.25, -0.2) is 0 Å². The zero-order chi connectivity index (χ0) is 14.1. The van der Waals surface area contributed by atoms with Gasteiger partial charge in [0.2, 0.25) is 5.91 Å². The lowest BCUT2D eigenvalue weighted by Crippen LogP contribution is -2.38. The number of rotatable bonds is 8. The van der Waals surface area contributed by atoms with Crippen molar-refractivity contribution in [2.45, 2.75) is 13.3 Å². The molecule has 0 unspecified atom stereocenters. The number of ether oxygens (including phenoxy) is 1. The lowest BCUT2D eigenvalue weighted by molar-refractivity contribution is -0.121. The van der Waals surface area contributed by atoms with Crippen molar-refractivity contribution in [3.05, 3.63) is 24.3 Å². The molecule has 0 heterocycles. The Labute approximate surface area is 114 Å². The summed E-state index contributed by atoms with van der Waals surface area (Å²) in [6, 6.07) is 7.42. The van der Waals surface area contributed by atoms with Crippen molar-refractivity contribution < 1.29 is 9.53 Å². The third-order valence-corrected chi connectivity index (χ3v) is 2.77. The van der Waals surface area contributed by atoms with Crippen LogP contribution in [0.4, 0.5) is 5.69 Å². The first-order valence-electron chi connectivity index (χ1n) is 6.57. The van der Waals surface area contributed by atoms with E-state index in [1.54, 1.807) is 7.05 Å². The quantitative estimate of drug-likeness (QED) is 0.691. The van der Waals surface area contributed by atoms with E-state index in [2.05, 4.69) is 17.1 Å². The Hall–Kier alpha value is -1.75. The topological polar surface area (TPSA) is 67.6 Å². The number of nitrogens with two attached hydrogens (primary N) is 1. The maximum Gasteiger partial charge on any atom is 0.233 e. The Balaban J connectivity index is 2.39. The monoisotopic (exact) mass is 265 g/mol. The molecule has 0 saturated heterocycles. The molecule has 0 aliphatic carbocycles. The molecule has 1 amide bonds. The lowest BCUT2D eigenvalue weighted by atomic mass is 10.3. The van der Waals surface area contributed by atoms with E-state index in [0.717, 1.165) is 13.0 Å². The smallest absolute Gasteiger partial charge is 0.233 e. The lowest BCUT2D eigenvalue weighted by Gasteiger charge is -2.20. The Kier molecular flexibility index (Phi) is 6.74. The van der Waals surface area contributed by atoms with Gasteiger partial charge >= 0.3 is 0 Å². The Morgan fingerprint density at radius 1 is 1.37 bits per heavy atom. The van der Waals surface area contributed by atoms with Crippen molar-refractivity contribution in [1.29, 1.82) is 0 Å². The number of hydrogen-bond donors (Lipinski definition) is 2. The fraction of sp³-hybridized carbons (Fsp3) is 0.500. The number of nitrogen functional groups attached to an aromatic ring is 1. The van der Waals surface area contributed by atoms with Gasteiger partial charge < -0.3 is 15.8 Å². The number of anilines is 1. The fourth-order valence-electron chi connectivity index (χ4n) is 1.76. The Morgan fingerprint density at radius 3 is 2.74 bits per heavy atom. The molecular formula is C14H23N3O2. The number of hydrogen-bond acceptors (Lipinski definition) is 4. The number of para-hydroxylation sites is 2. The molecule has 0 aromatic heterocycles. The highest BCUT2D eigenvalue weighted by atomic mass is 16.5. The average molecular weight is 265 g/mol. The van der Waals surface area contributed by atoms with Gasteiger partial charge in [0.25, 0.3) is 0 Å². The van der Waals surface area contributed by atoms with E-state index >= 15 is 0 Å². The summed E-state index contributed by atoms with van der Waals surface area (Å²) >= 11 is 0. The van der Waals surface area contributed by atoms with E-state index < -0.39 is 0 Å². The molecular weight excluding hydrogens is 242 g/mol. The van der Waals surface area contributed by atoms with Crippen LogP contribution in [0.1, 0.15) is 13.3 Å². The number of nitrogens with zero attached hydrogens (tertiary/aromatic N) is 1. The van der Waals surface area contributed by atoms with Gasteiger partial charge in [-0.15, -0.1) is 0 Å². The van der Waals surface area contributed by atoms with Gasteiger partial charge in [-0.1, -0.05) is 19.1 Å². The second kappa shape index (κ2) is 8.37. The third-order valence-electron chi connectivity index (χ3n) is 2.77. The summed E-state index contributed by atoms with van der Waals surface area (Å²) in [6.07, 6.45) is 1.00. The van der Waals surface area contributed by atoms with Crippen molar-refractivity contribution in [2.75, 3.05) is 39.0 Å². The summed E-state index contributed by atoms with van der Waals surface area (Å²) in [5, 5.41) is 2.63. The molecule has 0 spiro atoms. The average Bonchev–Trinajstić information content (AvgIpc) is 2.41. The third kappa shape index (κ3) is 5.61. The minimum Gasteiger partial charge on any atom is -0.490 e. The van der Waals surface area contributed by atoms with Crippen LogP contribution in [0.15, 0.2) is 24.3 Å². The van der Waals surface area contributed by atoms with Crippen LogP contribution in [0.25, 0.3) is 0 Å². The van der Waals surface area contributed by atoms with E-state index in [1.165, 1.54) is 0 Å². The van der Waals surface area contributed by atoms with Gasteiger partial charge in [-0.05, 0) is 25.1 Å². The molecule has 1 rings (SSSR count). The van der Waals surface area contributed by atoms with E-state index in [1.807, 2.05) is 24.3 Å². The minimum absolute atomic E-state index is 0.0210. The van der Waals surface area contributed by atoms with Crippen LogP contribution in [0.3, 0.4) is 0 Å². The molecule has 106 valence electrons. The Bertz CT molecular complexity index is 396. The van der Waals surface area contributed by atoms with E-state index in [-0.39, 0.29) is 5.91 Å². The summed E-state index contributed by atoms with van der Waals surface area (Å²) in [5.41, 5.74) is 6.43. The number of amides is 1. The SMILES string of the molecule is CCCN(CCOc1ccccc1N)CC(=O)NC. The molecule has 5 nitrogen and oxygen atoms in total. The summed E-state index contributed by atoms with van der Waals surface area (Å²) in [7, 11) is 1.65. The van der Waals surface area contributed by atoms with Gasteiger partial charge in [0.15, 0.2) is 0 Å². The molecule has 0 saturated carbocycles. The summed E-state index contributed by atoms with van der Waals surface area (Å²) in [5.74, 6) is 0.714. The number of carbonyl (C=O) groups is 1. The van der Waals surface area contributed by atoms with Crippen molar-refractivity contribution in [1.82, 2.24) is 10.2 Å². The molecule has 3 N–H and O–H groups in total. The highest BCUT2D eigenvalue weighted by molar-refractivity contribution is 5.77. The van der Waals surface area contributed by atoms with E-state index in [4.69, 9.17) is 10.5 Å². The summed E-state index contributed by atoms with van der Waals surface area (Å²) in [4.78, 5) is 13.4. The van der Waals surface area contributed by atoms with E-state index in [9.17, 15) is 4.79 Å². The van der Waals surface area contributed by atoms with E-state index in [0.29, 0.717) is 31.1 Å². The molecule has 0 aliphatic heterocycles. The number of likely N-dealkylation sites (N-methyl/N-ethyl adjacent to an activating group) is 1. The molecule has 19 heavy (non-hydrogen) atoms. The largest absolute Gasteiger partial charge is 0.490 e. The van der Waals surface area contributed by atoms with Crippen LogP contribution >= 0.6 is 0 Å². The molecule has 0 bridgehead atoms. The van der Waals surface area contributed by atoms with Gasteiger partial charge in [0.05, 0.1) is 12.2 Å². The molecule has 0 aliphatic rings. The van der Waals surface area contributed by atoms with Crippen LogP contribution in [0.5, 0.6) is 5.75 Å². The van der Waals surface area contributed by atoms with Gasteiger partial charge in [0, 0.05) is 13.6 Å². The standard InChI is InChI=1S/C14H23N3O2/c1-3-8-17(11-14(18)16-2)9-10-19-13-7-5-4-6-12(13)15/h4-7H,3,8-11,15H2,1-2H3,(H,16,18). The maximum atomic E-state index is 11.4. The molecule has 1 aromatic carbocycles. The normalized spacial score (nSPS) is 10.5. The van der Waals surface area contributed by atoms with Crippen LogP contribution < -0.4 is 15.8 Å². The van der Waals surface area contributed by atoms with Crippen molar-refractivity contribution in [2.24, 2.45) is 0 Å². The molecule has 0 atom stereocenters. The zero-order valence-electron chi connectivity index (χ0n) is 11.7. The Morgan fingerprint density at radius 2 is 2.11 bits per heavy atom. The van der Waals surface area contributed by atoms with Crippen LogP contribution in [-0.2, 0) is 4.79 Å². The van der Waals surface area contributed by atoms with Crippen LogP contribution in [0, 0.1) is 0 Å². The highest BCUT2D eigenvalue weighted by Gasteiger charge is 2.09. The van der Waals surface area contributed by atoms with Crippen molar-refractivity contribution >= 4 is 11.6 Å². The van der Waals surface area contributed by atoms with Gasteiger partial charge in [0.1, 0.15) is 12.4 Å². The minimum atomic E-state index is 0.0210. The molecule has 0 radical (unpaired) electrons. The predicted molar refractivity (Wildman–Crippen MR) is 77.1 cm³/mol. The van der Waals surface area contributed by atoms with Gasteiger partial charge in [-0.2, -0.15) is 0 Å². The summed E-state index contributed by atoms with van der Waals surface area (Å²) < 4.78 is 5.63. The maximum absolute atomic E-state index is 11.4. The van der Waals surface area contributed by atoms with Gasteiger partial charge in [-0.3, -0.25) is 9.69 Å². The molecule has 5 heteroatoms. The first kappa shape index (κ1) is 15.3. The predicted octanol–water partition coefficient (Wildman–Crippen LogP) is 1.11. The van der Waals surface area contributed by atoms with Crippen molar-refractivity contribution in [3.8, 4) is 5.75 Å². The first-order chi connectivity index (χ1) is 9.17. The fourth-order valence-corrected chi connectivity index (χ4v) is 1.76. The number of carbonyl (C=O) groups excluding carboxylic acids is 1. The number of benzene rings is 1. The highest BCUT2D eigenvalue weighted by Crippen LogP contribution is 2.19. The summed E-state index contributed by atoms with van der Waals surface area (Å²) in [6.45, 7) is 4.59. The second-order valence-corrected chi connectivity index (χ2v) is 4.34. The van der Waals surface area contributed by atoms with Crippen LogP contribution in [0.2, 0.25) is 0 Å². The molecule has 1 aromatic rings. The molecule has 0 fully saturated rings. The van der Waals surface area contributed by atoms with Crippen LogP contribution in [-0.4, -0.2) is 44.1 Å². The second-order valence-electron chi connectivity index (χ2n) is 4.34. The number of nitrogens with one attached hydrogen (secondary N) is 1. The van der Waals surface area contributed by atoms with Crippen molar-refractivity contribution in [3.63, 3.8) is 0 Å². The first-order valence-corrected chi connectivity index (χ1v) is 6.57.